The third-order valence-corrected chi connectivity index (χ3v) is 3.12. The van der Waals surface area contributed by atoms with Crippen molar-refractivity contribution in [3.63, 3.8) is 0 Å². The first-order valence-electron chi connectivity index (χ1n) is 6.67. The molecule has 2 aromatic rings. The van der Waals surface area contributed by atoms with Crippen LogP contribution in [-0.4, -0.2) is 34.6 Å². The number of nitrogens with zero attached hydrogens (tertiary/aromatic N) is 3. The fourth-order valence-corrected chi connectivity index (χ4v) is 1.70. The third-order valence-electron chi connectivity index (χ3n) is 3.12. The lowest BCUT2D eigenvalue weighted by Gasteiger charge is -2.07. The summed E-state index contributed by atoms with van der Waals surface area (Å²) in [6.07, 6.45) is 1.77. The second-order valence-electron chi connectivity index (χ2n) is 4.71. The van der Waals surface area contributed by atoms with Crippen molar-refractivity contribution in [3.05, 3.63) is 36.2 Å². The topological polar surface area (TPSA) is 95.1 Å². The molecular formula is C14H19N5O2. The molecule has 0 bridgehead atoms. The summed E-state index contributed by atoms with van der Waals surface area (Å²) in [4.78, 5) is 11.6. The highest BCUT2D eigenvalue weighted by Crippen LogP contribution is 2.14. The lowest BCUT2D eigenvalue weighted by molar-refractivity contribution is -0.124. The quantitative estimate of drug-likeness (QED) is 0.807. The summed E-state index contributed by atoms with van der Waals surface area (Å²) in [5.41, 5.74) is 7.00. The first kappa shape index (κ1) is 15.0. The van der Waals surface area contributed by atoms with E-state index in [0.717, 1.165) is 11.4 Å². The maximum Gasteiger partial charge on any atom is 0.224 e. The molecule has 3 N–H and O–H groups in total. The van der Waals surface area contributed by atoms with Crippen LogP contribution in [0.4, 0.5) is 0 Å². The first-order chi connectivity index (χ1) is 10.1. The SMILES string of the molecule is COc1ccc(-n2cc(CNC(=O)C(C)CN)nn2)cc1. The maximum absolute atomic E-state index is 11.6. The fourth-order valence-electron chi connectivity index (χ4n) is 1.70. The summed E-state index contributed by atoms with van der Waals surface area (Å²) in [6.45, 7) is 2.44. The molecule has 0 radical (unpaired) electrons. The smallest absolute Gasteiger partial charge is 0.224 e. The number of ether oxygens (including phenoxy) is 1. The average Bonchev–Trinajstić information content (AvgIpc) is 3.00. The summed E-state index contributed by atoms with van der Waals surface area (Å²) in [7, 11) is 1.62. The Bertz CT molecular complexity index is 594. The van der Waals surface area contributed by atoms with Crippen molar-refractivity contribution in [1.29, 1.82) is 0 Å². The van der Waals surface area contributed by atoms with Gasteiger partial charge in [0.2, 0.25) is 5.91 Å². The van der Waals surface area contributed by atoms with Crippen molar-refractivity contribution < 1.29 is 9.53 Å². The van der Waals surface area contributed by atoms with Crippen molar-refractivity contribution in [2.24, 2.45) is 11.7 Å². The molecule has 0 aliphatic rings. The molecule has 0 saturated heterocycles. The van der Waals surface area contributed by atoms with Crippen LogP contribution in [0.2, 0.25) is 0 Å². The summed E-state index contributed by atoms with van der Waals surface area (Å²) >= 11 is 0. The zero-order chi connectivity index (χ0) is 15.2. The highest BCUT2D eigenvalue weighted by atomic mass is 16.5. The van der Waals surface area contributed by atoms with E-state index in [1.54, 1.807) is 24.9 Å². The van der Waals surface area contributed by atoms with Gasteiger partial charge in [0.25, 0.3) is 0 Å². The van der Waals surface area contributed by atoms with Gasteiger partial charge in [-0.25, -0.2) is 4.68 Å². The molecule has 2 rings (SSSR count). The molecule has 0 saturated carbocycles. The van der Waals surface area contributed by atoms with E-state index in [4.69, 9.17) is 10.5 Å². The number of carbonyl (C=O) groups is 1. The third kappa shape index (κ3) is 3.79. The van der Waals surface area contributed by atoms with E-state index in [-0.39, 0.29) is 11.8 Å². The number of nitrogens with two attached hydrogens (primary N) is 1. The number of aromatic nitrogens is 3. The van der Waals surface area contributed by atoms with E-state index < -0.39 is 0 Å². The van der Waals surface area contributed by atoms with Crippen LogP contribution in [0.25, 0.3) is 5.69 Å². The van der Waals surface area contributed by atoms with Crippen LogP contribution in [-0.2, 0) is 11.3 Å². The van der Waals surface area contributed by atoms with E-state index in [1.807, 2.05) is 24.3 Å². The molecule has 1 unspecified atom stereocenters. The van der Waals surface area contributed by atoms with Gasteiger partial charge in [0.05, 0.1) is 25.5 Å². The summed E-state index contributed by atoms with van der Waals surface area (Å²) in [5.74, 6) is 0.486. The Hall–Kier alpha value is -2.41. The van der Waals surface area contributed by atoms with Gasteiger partial charge < -0.3 is 15.8 Å². The lowest BCUT2D eigenvalue weighted by Crippen LogP contribution is -2.32. The Kier molecular flexibility index (Phi) is 4.89. The minimum absolute atomic E-state index is 0.0866. The van der Waals surface area contributed by atoms with Gasteiger partial charge in [0, 0.05) is 12.5 Å². The van der Waals surface area contributed by atoms with Gasteiger partial charge in [-0.2, -0.15) is 0 Å². The van der Waals surface area contributed by atoms with Gasteiger partial charge in [-0.1, -0.05) is 12.1 Å². The molecule has 1 aromatic carbocycles. The van der Waals surface area contributed by atoms with E-state index in [2.05, 4.69) is 15.6 Å². The Morgan fingerprint density at radius 2 is 2.14 bits per heavy atom. The first-order valence-corrected chi connectivity index (χ1v) is 6.67. The molecule has 7 heteroatoms. The molecule has 21 heavy (non-hydrogen) atoms. The number of hydrogen-bond acceptors (Lipinski definition) is 5. The van der Waals surface area contributed by atoms with Crippen LogP contribution in [0.1, 0.15) is 12.6 Å². The zero-order valence-electron chi connectivity index (χ0n) is 12.1. The van der Waals surface area contributed by atoms with Crippen LogP contribution in [0, 0.1) is 5.92 Å². The van der Waals surface area contributed by atoms with E-state index in [1.165, 1.54) is 0 Å². The number of carbonyl (C=O) groups excluding carboxylic acids is 1. The zero-order valence-corrected chi connectivity index (χ0v) is 12.1. The number of benzene rings is 1. The van der Waals surface area contributed by atoms with Crippen molar-refractivity contribution in [2.75, 3.05) is 13.7 Å². The molecule has 0 aliphatic carbocycles. The highest BCUT2D eigenvalue weighted by Gasteiger charge is 2.11. The van der Waals surface area contributed by atoms with Gasteiger partial charge in [-0.05, 0) is 24.3 Å². The molecule has 7 nitrogen and oxygen atoms in total. The largest absolute Gasteiger partial charge is 0.497 e. The molecule has 1 aromatic heterocycles. The number of hydrogen-bond donors (Lipinski definition) is 2. The Morgan fingerprint density at radius 3 is 2.76 bits per heavy atom. The van der Waals surface area contributed by atoms with Crippen LogP contribution >= 0.6 is 0 Å². The maximum atomic E-state index is 11.6. The number of nitrogens with one attached hydrogen (secondary N) is 1. The normalized spacial score (nSPS) is 12.0. The second-order valence-corrected chi connectivity index (χ2v) is 4.71. The summed E-state index contributed by atoms with van der Waals surface area (Å²) < 4.78 is 6.75. The average molecular weight is 289 g/mol. The minimum atomic E-state index is -0.207. The molecule has 112 valence electrons. The molecule has 0 spiro atoms. The van der Waals surface area contributed by atoms with Crippen molar-refractivity contribution >= 4 is 5.91 Å². The number of rotatable bonds is 6. The highest BCUT2D eigenvalue weighted by molar-refractivity contribution is 5.78. The molecule has 1 heterocycles. The van der Waals surface area contributed by atoms with Crippen LogP contribution in [0.5, 0.6) is 5.75 Å². The standard InChI is InChI=1S/C14H19N5O2/c1-10(7-15)14(20)16-8-11-9-19(18-17-11)12-3-5-13(21-2)6-4-12/h3-6,9-10H,7-8,15H2,1-2H3,(H,16,20). The van der Waals surface area contributed by atoms with Gasteiger partial charge in [0.1, 0.15) is 11.4 Å². The summed E-state index contributed by atoms with van der Waals surface area (Å²) in [5, 5.41) is 10.8. The predicted molar refractivity (Wildman–Crippen MR) is 78.0 cm³/mol. The van der Waals surface area contributed by atoms with Gasteiger partial charge >= 0.3 is 0 Å². The Balaban J connectivity index is 1.99. The van der Waals surface area contributed by atoms with Crippen molar-refractivity contribution in [2.45, 2.75) is 13.5 Å². The van der Waals surface area contributed by atoms with Crippen LogP contribution in [0.3, 0.4) is 0 Å². The molecule has 1 amide bonds. The van der Waals surface area contributed by atoms with Crippen molar-refractivity contribution in [1.82, 2.24) is 20.3 Å². The van der Waals surface area contributed by atoms with E-state index >= 15 is 0 Å². The minimum Gasteiger partial charge on any atom is -0.497 e. The molecular weight excluding hydrogens is 270 g/mol. The molecule has 1 atom stereocenters. The van der Waals surface area contributed by atoms with E-state index in [9.17, 15) is 4.79 Å². The lowest BCUT2D eigenvalue weighted by atomic mass is 10.2. The second kappa shape index (κ2) is 6.85. The number of amides is 1. The van der Waals surface area contributed by atoms with Gasteiger partial charge in [-0.3, -0.25) is 4.79 Å². The number of methoxy groups -OCH3 is 1. The van der Waals surface area contributed by atoms with Gasteiger partial charge in [0.15, 0.2) is 0 Å². The van der Waals surface area contributed by atoms with Crippen molar-refractivity contribution in [3.8, 4) is 11.4 Å². The predicted octanol–water partition coefficient (Wildman–Crippen LogP) is 0.487. The van der Waals surface area contributed by atoms with E-state index in [0.29, 0.717) is 18.8 Å². The van der Waals surface area contributed by atoms with Gasteiger partial charge in [-0.15, -0.1) is 5.10 Å². The Labute approximate surface area is 123 Å². The summed E-state index contributed by atoms with van der Waals surface area (Å²) in [6, 6.07) is 7.46. The fraction of sp³-hybridized carbons (Fsp3) is 0.357. The van der Waals surface area contributed by atoms with Crippen LogP contribution < -0.4 is 15.8 Å². The molecule has 0 fully saturated rings. The monoisotopic (exact) mass is 289 g/mol. The molecule has 0 aliphatic heterocycles. The Morgan fingerprint density at radius 1 is 1.43 bits per heavy atom. The van der Waals surface area contributed by atoms with Crippen LogP contribution in [0.15, 0.2) is 30.5 Å².